The van der Waals surface area contributed by atoms with Crippen LogP contribution in [0, 0.1) is 0 Å². The van der Waals surface area contributed by atoms with E-state index < -0.39 is 0 Å². The first kappa shape index (κ1) is 15.9. The molecule has 1 fully saturated rings. The normalized spacial score (nSPS) is 19.3. The van der Waals surface area contributed by atoms with Crippen molar-refractivity contribution in [2.45, 2.75) is 37.6 Å². The van der Waals surface area contributed by atoms with Crippen LogP contribution >= 0.6 is 0 Å². The highest BCUT2D eigenvalue weighted by atomic mass is 16.5. The Hall–Kier alpha value is -0.160. The zero-order valence-corrected chi connectivity index (χ0v) is 12.3. The lowest BCUT2D eigenvalue weighted by Gasteiger charge is -2.43. The van der Waals surface area contributed by atoms with Gasteiger partial charge in [-0.3, -0.25) is 0 Å². The van der Waals surface area contributed by atoms with Crippen LogP contribution in [0.5, 0.6) is 0 Å². The van der Waals surface area contributed by atoms with Crippen LogP contribution in [-0.4, -0.2) is 64.6 Å². The van der Waals surface area contributed by atoms with Gasteiger partial charge in [-0.1, -0.05) is 19.3 Å². The third kappa shape index (κ3) is 5.22. The van der Waals surface area contributed by atoms with Crippen LogP contribution in [0.2, 0.25) is 0 Å². The molecular weight excluding hydrogens is 228 g/mol. The maximum absolute atomic E-state index is 5.46. The van der Waals surface area contributed by atoms with Crippen molar-refractivity contribution in [1.82, 2.24) is 10.2 Å². The largest absolute Gasteiger partial charge is 0.382 e. The van der Waals surface area contributed by atoms with Gasteiger partial charge in [0, 0.05) is 25.7 Å². The lowest BCUT2D eigenvalue weighted by atomic mass is 9.80. The van der Waals surface area contributed by atoms with E-state index in [4.69, 9.17) is 9.47 Å². The van der Waals surface area contributed by atoms with E-state index in [1.807, 2.05) is 0 Å². The second-order valence-corrected chi connectivity index (χ2v) is 5.46. The topological polar surface area (TPSA) is 33.7 Å². The summed E-state index contributed by atoms with van der Waals surface area (Å²) in [6.07, 6.45) is 6.76. The minimum atomic E-state index is 0.366. The molecule has 0 aromatic carbocycles. The fourth-order valence-corrected chi connectivity index (χ4v) is 2.70. The average molecular weight is 258 g/mol. The summed E-state index contributed by atoms with van der Waals surface area (Å²) in [5, 5.41) is 3.55. The first-order valence-corrected chi connectivity index (χ1v) is 7.16. The SMILES string of the molecule is COCCOCCNCC1(N(C)C)CCCCC1. The third-order valence-corrected chi connectivity index (χ3v) is 4.04. The highest BCUT2D eigenvalue weighted by molar-refractivity contribution is 4.92. The number of nitrogens with zero attached hydrogens (tertiary/aromatic N) is 1. The van der Waals surface area contributed by atoms with Gasteiger partial charge in [-0.25, -0.2) is 0 Å². The lowest BCUT2D eigenvalue weighted by molar-refractivity contribution is 0.0656. The maximum atomic E-state index is 5.46. The molecule has 0 heterocycles. The van der Waals surface area contributed by atoms with Crippen LogP contribution < -0.4 is 5.32 Å². The van der Waals surface area contributed by atoms with E-state index in [9.17, 15) is 0 Å². The number of hydrogen-bond donors (Lipinski definition) is 1. The molecule has 1 saturated carbocycles. The van der Waals surface area contributed by atoms with E-state index in [0.717, 1.165) is 19.7 Å². The second-order valence-electron chi connectivity index (χ2n) is 5.46. The van der Waals surface area contributed by atoms with Crippen LogP contribution in [0.15, 0.2) is 0 Å². The predicted octanol–water partition coefficient (Wildman–Crippen LogP) is 1.50. The van der Waals surface area contributed by atoms with E-state index in [1.54, 1.807) is 7.11 Å². The van der Waals surface area contributed by atoms with Gasteiger partial charge in [0.2, 0.25) is 0 Å². The van der Waals surface area contributed by atoms with Crippen molar-refractivity contribution in [1.29, 1.82) is 0 Å². The summed E-state index contributed by atoms with van der Waals surface area (Å²) < 4.78 is 10.4. The Labute approximate surface area is 112 Å². The van der Waals surface area contributed by atoms with Crippen molar-refractivity contribution < 1.29 is 9.47 Å². The van der Waals surface area contributed by atoms with E-state index in [2.05, 4.69) is 24.3 Å². The summed E-state index contributed by atoms with van der Waals surface area (Å²) in [6, 6.07) is 0. The monoisotopic (exact) mass is 258 g/mol. The molecule has 1 aliphatic rings. The molecule has 0 spiro atoms. The van der Waals surface area contributed by atoms with Crippen LogP contribution in [-0.2, 0) is 9.47 Å². The first-order chi connectivity index (χ1) is 8.71. The molecule has 0 atom stereocenters. The van der Waals surface area contributed by atoms with Crippen LogP contribution in [0.25, 0.3) is 0 Å². The van der Waals surface area contributed by atoms with Crippen molar-refractivity contribution in [3.05, 3.63) is 0 Å². The Balaban J connectivity index is 2.14. The van der Waals surface area contributed by atoms with Gasteiger partial charge in [0.1, 0.15) is 0 Å². The van der Waals surface area contributed by atoms with Crippen molar-refractivity contribution in [2.24, 2.45) is 0 Å². The summed E-state index contributed by atoms with van der Waals surface area (Å²) >= 11 is 0. The fourth-order valence-electron chi connectivity index (χ4n) is 2.70. The summed E-state index contributed by atoms with van der Waals surface area (Å²) in [4.78, 5) is 2.41. The quantitative estimate of drug-likeness (QED) is 0.636. The fraction of sp³-hybridized carbons (Fsp3) is 1.00. The van der Waals surface area contributed by atoms with Crippen molar-refractivity contribution in [3.63, 3.8) is 0 Å². The summed E-state index contributed by atoms with van der Waals surface area (Å²) in [5.74, 6) is 0. The van der Waals surface area contributed by atoms with Gasteiger partial charge in [-0.2, -0.15) is 0 Å². The first-order valence-electron chi connectivity index (χ1n) is 7.16. The van der Waals surface area contributed by atoms with Gasteiger partial charge in [0.05, 0.1) is 19.8 Å². The Morgan fingerprint density at radius 3 is 2.39 bits per heavy atom. The maximum Gasteiger partial charge on any atom is 0.0700 e. The molecule has 1 rings (SSSR count). The van der Waals surface area contributed by atoms with Crippen molar-refractivity contribution in [2.75, 3.05) is 54.1 Å². The Morgan fingerprint density at radius 2 is 1.78 bits per heavy atom. The molecule has 0 radical (unpaired) electrons. The molecule has 0 aromatic rings. The molecule has 0 aromatic heterocycles. The molecule has 4 nitrogen and oxygen atoms in total. The van der Waals surface area contributed by atoms with E-state index in [0.29, 0.717) is 18.8 Å². The van der Waals surface area contributed by atoms with Crippen LogP contribution in [0.1, 0.15) is 32.1 Å². The number of rotatable bonds is 9. The molecule has 1 aliphatic carbocycles. The highest BCUT2D eigenvalue weighted by Gasteiger charge is 2.33. The molecule has 0 aliphatic heterocycles. The smallest absolute Gasteiger partial charge is 0.0700 e. The number of nitrogens with one attached hydrogen (secondary N) is 1. The number of ether oxygens (including phenoxy) is 2. The highest BCUT2D eigenvalue weighted by Crippen LogP contribution is 2.31. The molecule has 108 valence electrons. The minimum Gasteiger partial charge on any atom is -0.382 e. The van der Waals surface area contributed by atoms with Gasteiger partial charge in [-0.05, 0) is 26.9 Å². The Kier molecular flexibility index (Phi) is 7.82. The Bertz CT molecular complexity index is 204. The van der Waals surface area contributed by atoms with Gasteiger partial charge in [-0.15, -0.1) is 0 Å². The molecule has 4 heteroatoms. The molecule has 0 bridgehead atoms. The number of likely N-dealkylation sites (N-methyl/N-ethyl adjacent to an activating group) is 1. The summed E-state index contributed by atoms with van der Waals surface area (Å²) in [7, 11) is 6.12. The Morgan fingerprint density at radius 1 is 1.06 bits per heavy atom. The van der Waals surface area contributed by atoms with Gasteiger partial charge < -0.3 is 19.7 Å². The second kappa shape index (κ2) is 8.86. The van der Waals surface area contributed by atoms with Gasteiger partial charge in [0.25, 0.3) is 0 Å². The molecular formula is C14H30N2O2. The zero-order valence-electron chi connectivity index (χ0n) is 12.3. The molecule has 18 heavy (non-hydrogen) atoms. The zero-order chi connectivity index (χ0) is 13.3. The van der Waals surface area contributed by atoms with Gasteiger partial charge in [0.15, 0.2) is 0 Å². The molecule has 0 amide bonds. The van der Waals surface area contributed by atoms with Crippen molar-refractivity contribution in [3.8, 4) is 0 Å². The summed E-state index contributed by atoms with van der Waals surface area (Å²) in [5.41, 5.74) is 0.366. The van der Waals surface area contributed by atoms with Gasteiger partial charge >= 0.3 is 0 Å². The predicted molar refractivity (Wildman–Crippen MR) is 75.1 cm³/mol. The lowest BCUT2D eigenvalue weighted by Crippen LogP contribution is -2.53. The van der Waals surface area contributed by atoms with Crippen LogP contribution in [0.4, 0.5) is 0 Å². The standard InChI is InChI=1S/C14H30N2O2/c1-16(2)14(7-5-4-6-8-14)13-15-9-10-18-12-11-17-3/h15H,4-13H2,1-3H3. The summed E-state index contributed by atoms with van der Waals surface area (Å²) in [6.45, 7) is 4.15. The third-order valence-electron chi connectivity index (χ3n) is 4.04. The minimum absolute atomic E-state index is 0.366. The molecule has 1 N–H and O–H groups in total. The number of hydrogen-bond acceptors (Lipinski definition) is 4. The molecule has 0 saturated heterocycles. The van der Waals surface area contributed by atoms with E-state index in [1.165, 1.54) is 32.1 Å². The van der Waals surface area contributed by atoms with E-state index in [-0.39, 0.29) is 0 Å². The molecule has 0 unspecified atom stereocenters. The van der Waals surface area contributed by atoms with Crippen molar-refractivity contribution >= 4 is 0 Å². The number of methoxy groups -OCH3 is 1. The van der Waals surface area contributed by atoms with E-state index >= 15 is 0 Å². The van der Waals surface area contributed by atoms with Crippen LogP contribution in [0.3, 0.4) is 0 Å². The average Bonchev–Trinajstić information content (AvgIpc) is 2.38.